The van der Waals surface area contributed by atoms with E-state index in [0.29, 0.717) is 0 Å². The fraction of sp³-hybridized carbons (Fsp3) is 0.308. The molecule has 2 rings (SSSR count). The molecule has 0 radical (unpaired) electrons. The Morgan fingerprint density at radius 1 is 1.50 bits per heavy atom. The Hall–Kier alpha value is -1.21. The molecule has 20 heavy (non-hydrogen) atoms. The molecule has 1 aromatic heterocycles. The number of hydrogen-bond acceptors (Lipinski definition) is 5. The molecule has 0 bridgehead atoms. The molecule has 1 heterocycles. The maximum absolute atomic E-state index is 6.15. The molecule has 2 aromatic rings. The van der Waals surface area contributed by atoms with Crippen LogP contribution in [0.1, 0.15) is 11.7 Å². The molecule has 0 aliphatic rings. The van der Waals surface area contributed by atoms with Crippen LogP contribution in [0.2, 0.25) is 5.02 Å². The summed E-state index contributed by atoms with van der Waals surface area (Å²) < 4.78 is 7.07. The highest BCUT2D eigenvalue weighted by Crippen LogP contribution is 2.32. The molecule has 0 amide bonds. The Bertz CT molecular complexity index is 575. The molecule has 108 valence electrons. The normalized spacial score (nSPS) is 12.4. The first kappa shape index (κ1) is 15.2. The number of hydrazine groups is 1. The number of nitrogens with zero attached hydrogens (tertiary/aromatic N) is 2. The summed E-state index contributed by atoms with van der Waals surface area (Å²) in [5, 5.41) is 4.93. The first-order valence-corrected chi connectivity index (χ1v) is 7.43. The van der Waals surface area contributed by atoms with E-state index in [1.54, 1.807) is 29.8 Å². The van der Waals surface area contributed by atoms with E-state index in [-0.39, 0.29) is 6.04 Å². The van der Waals surface area contributed by atoms with Crippen LogP contribution in [0.4, 0.5) is 0 Å². The van der Waals surface area contributed by atoms with Gasteiger partial charge in [-0.1, -0.05) is 23.7 Å². The molecule has 7 heteroatoms. The van der Waals surface area contributed by atoms with E-state index in [2.05, 4.69) is 10.5 Å². The fourth-order valence-corrected chi connectivity index (χ4v) is 3.20. The molecule has 0 fully saturated rings. The maximum atomic E-state index is 6.15. The summed E-state index contributed by atoms with van der Waals surface area (Å²) in [6, 6.07) is 7.65. The van der Waals surface area contributed by atoms with Crippen LogP contribution in [0.15, 0.2) is 35.4 Å². The second kappa shape index (κ2) is 6.99. The van der Waals surface area contributed by atoms with Crippen molar-refractivity contribution in [3.63, 3.8) is 0 Å². The third-order valence-corrected chi connectivity index (χ3v) is 4.55. The minimum Gasteiger partial charge on any atom is -0.493 e. The molecular formula is C13H17ClN4OS. The number of halogens is 1. The van der Waals surface area contributed by atoms with Crippen LogP contribution >= 0.6 is 23.4 Å². The Morgan fingerprint density at radius 2 is 2.25 bits per heavy atom. The smallest absolute Gasteiger partial charge is 0.161 e. The van der Waals surface area contributed by atoms with Crippen molar-refractivity contribution >= 4 is 23.4 Å². The lowest BCUT2D eigenvalue weighted by atomic mass is 10.2. The quantitative estimate of drug-likeness (QED) is 0.487. The zero-order chi connectivity index (χ0) is 14.5. The van der Waals surface area contributed by atoms with Gasteiger partial charge < -0.3 is 4.74 Å². The second-order valence-electron chi connectivity index (χ2n) is 4.18. The van der Waals surface area contributed by atoms with Crippen molar-refractivity contribution in [2.45, 2.75) is 10.9 Å². The Kier molecular flexibility index (Phi) is 5.31. The average Bonchev–Trinajstić information content (AvgIpc) is 2.83. The zero-order valence-corrected chi connectivity index (χ0v) is 12.9. The van der Waals surface area contributed by atoms with Gasteiger partial charge in [-0.05, 0) is 12.1 Å². The summed E-state index contributed by atoms with van der Waals surface area (Å²) in [6.45, 7) is 0. The largest absolute Gasteiger partial charge is 0.493 e. The van der Waals surface area contributed by atoms with Crippen LogP contribution in [0, 0.1) is 0 Å². The van der Waals surface area contributed by atoms with Gasteiger partial charge in [0.2, 0.25) is 0 Å². The van der Waals surface area contributed by atoms with E-state index in [4.69, 9.17) is 22.2 Å². The molecule has 5 nitrogen and oxygen atoms in total. The predicted octanol–water partition coefficient (Wildman–Crippen LogP) is 2.38. The van der Waals surface area contributed by atoms with Crippen LogP contribution in [0.5, 0.6) is 5.75 Å². The standard InChI is InChI=1S/C13H17ClN4OS/c1-18-13(11(19-2)7-16-18)10(17-15)8-20-12-6-4-3-5-9(12)14/h3-7,10,17H,8,15H2,1-2H3. The van der Waals surface area contributed by atoms with Crippen molar-refractivity contribution in [3.8, 4) is 5.75 Å². The van der Waals surface area contributed by atoms with Crippen molar-refractivity contribution in [2.75, 3.05) is 12.9 Å². The molecule has 0 spiro atoms. The maximum Gasteiger partial charge on any atom is 0.161 e. The molecule has 1 atom stereocenters. The van der Waals surface area contributed by atoms with Gasteiger partial charge >= 0.3 is 0 Å². The topological polar surface area (TPSA) is 65.1 Å². The number of ether oxygens (including phenoxy) is 1. The third kappa shape index (κ3) is 3.27. The summed E-state index contributed by atoms with van der Waals surface area (Å²) in [4.78, 5) is 1.02. The minimum atomic E-state index is -0.0845. The molecule has 0 saturated carbocycles. The van der Waals surface area contributed by atoms with Crippen LogP contribution in [0.25, 0.3) is 0 Å². The number of rotatable bonds is 6. The first-order chi connectivity index (χ1) is 9.67. The molecule has 0 aliphatic heterocycles. The summed E-state index contributed by atoms with van der Waals surface area (Å²) in [6.07, 6.45) is 1.68. The number of thioether (sulfide) groups is 1. The van der Waals surface area contributed by atoms with Crippen molar-refractivity contribution in [1.82, 2.24) is 15.2 Å². The van der Waals surface area contributed by atoms with Gasteiger partial charge in [-0.2, -0.15) is 5.10 Å². The van der Waals surface area contributed by atoms with Gasteiger partial charge in [0.05, 0.1) is 30.1 Å². The highest BCUT2D eigenvalue weighted by molar-refractivity contribution is 7.99. The molecule has 1 unspecified atom stereocenters. The second-order valence-corrected chi connectivity index (χ2v) is 5.65. The number of nitrogens with two attached hydrogens (primary N) is 1. The fourth-order valence-electron chi connectivity index (χ4n) is 1.92. The van der Waals surface area contributed by atoms with Gasteiger partial charge in [0.1, 0.15) is 0 Å². The third-order valence-electron chi connectivity index (χ3n) is 2.94. The Balaban J connectivity index is 2.13. The number of hydrogen-bond donors (Lipinski definition) is 2. The van der Waals surface area contributed by atoms with Gasteiger partial charge in [-0.15, -0.1) is 11.8 Å². The SMILES string of the molecule is COc1cnn(C)c1C(CSc1ccccc1Cl)NN. The molecular weight excluding hydrogens is 296 g/mol. The first-order valence-electron chi connectivity index (χ1n) is 6.06. The van der Waals surface area contributed by atoms with Gasteiger partial charge in [0.15, 0.2) is 5.75 Å². The predicted molar refractivity (Wildman–Crippen MR) is 82.0 cm³/mol. The number of nitrogens with one attached hydrogen (secondary N) is 1. The molecule has 0 aliphatic carbocycles. The van der Waals surface area contributed by atoms with E-state index in [1.165, 1.54) is 0 Å². The monoisotopic (exact) mass is 312 g/mol. The van der Waals surface area contributed by atoms with Crippen LogP contribution in [0.3, 0.4) is 0 Å². The summed E-state index contributed by atoms with van der Waals surface area (Å²) in [7, 11) is 3.48. The van der Waals surface area contributed by atoms with E-state index in [1.807, 2.05) is 31.3 Å². The highest BCUT2D eigenvalue weighted by Gasteiger charge is 2.20. The van der Waals surface area contributed by atoms with Crippen molar-refractivity contribution in [1.29, 1.82) is 0 Å². The van der Waals surface area contributed by atoms with Crippen LogP contribution < -0.4 is 16.0 Å². The van der Waals surface area contributed by atoms with E-state index < -0.39 is 0 Å². The number of aryl methyl sites for hydroxylation is 1. The number of aromatic nitrogens is 2. The minimum absolute atomic E-state index is 0.0845. The highest BCUT2D eigenvalue weighted by atomic mass is 35.5. The van der Waals surface area contributed by atoms with Crippen molar-refractivity contribution in [2.24, 2.45) is 12.9 Å². The average molecular weight is 313 g/mol. The van der Waals surface area contributed by atoms with Gasteiger partial charge in [0, 0.05) is 17.7 Å². The lowest BCUT2D eigenvalue weighted by Crippen LogP contribution is -2.31. The zero-order valence-electron chi connectivity index (χ0n) is 11.3. The summed E-state index contributed by atoms with van der Waals surface area (Å²) in [5.41, 5.74) is 3.72. The van der Waals surface area contributed by atoms with E-state index in [0.717, 1.165) is 27.1 Å². The molecule has 3 N–H and O–H groups in total. The molecule has 0 saturated heterocycles. The Labute approximate surface area is 127 Å². The van der Waals surface area contributed by atoms with E-state index >= 15 is 0 Å². The van der Waals surface area contributed by atoms with Gasteiger partial charge in [0.25, 0.3) is 0 Å². The Morgan fingerprint density at radius 3 is 2.90 bits per heavy atom. The number of methoxy groups -OCH3 is 1. The molecule has 1 aromatic carbocycles. The van der Waals surface area contributed by atoms with Crippen molar-refractivity contribution in [3.05, 3.63) is 41.2 Å². The van der Waals surface area contributed by atoms with E-state index in [9.17, 15) is 0 Å². The lowest BCUT2D eigenvalue weighted by Gasteiger charge is -2.17. The summed E-state index contributed by atoms with van der Waals surface area (Å²) in [5.74, 6) is 7.10. The van der Waals surface area contributed by atoms with Gasteiger partial charge in [-0.3, -0.25) is 16.0 Å². The number of benzene rings is 1. The lowest BCUT2D eigenvalue weighted by molar-refractivity contribution is 0.399. The summed E-state index contributed by atoms with van der Waals surface area (Å²) >= 11 is 7.79. The van der Waals surface area contributed by atoms with Gasteiger partial charge in [-0.25, -0.2) is 0 Å². The van der Waals surface area contributed by atoms with Crippen LogP contribution in [-0.4, -0.2) is 22.6 Å². The van der Waals surface area contributed by atoms with Crippen LogP contribution in [-0.2, 0) is 7.05 Å². The van der Waals surface area contributed by atoms with Crippen molar-refractivity contribution < 1.29 is 4.74 Å².